The molecule has 0 N–H and O–H groups in total. The van der Waals surface area contributed by atoms with Crippen molar-refractivity contribution in [2.24, 2.45) is 13.0 Å². The number of amides is 1. The molecule has 1 amide bonds. The fourth-order valence-electron chi connectivity index (χ4n) is 3.74. The highest BCUT2D eigenvalue weighted by molar-refractivity contribution is 5.85. The Kier molecular flexibility index (Phi) is 5.24. The second kappa shape index (κ2) is 7.39. The molecule has 0 radical (unpaired) electrons. The summed E-state index contributed by atoms with van der Waals surface area (Å²) in [5.74, 6) is 1.09. The quantitative estimate of drug-likeness (QED) is 0.841. The largest absolute Gasteiger partial charge is 0.378 e. The molecule has 0 unspecified atom stereocenters. The Morgan fingerprint density at radius 1 is 1.21 bits per heavy atom. The average molecular weight is 328 g/mol. The monoisotopic (exact) mass is 328 g/mol. The van der Waals surface area contributed by atoms with Crippen LogP contribution in [0.4, 0.5) is 0 Å². The zero-order chi connectivity index (χ0) is 17.1. The lowest BCUT2D eigenvalue weighted by molar-refractivity contribution is -0.135. The van der Waals surface area contributed by atoms with Crippen molar-refractivity contribution in [1.82, 2.24) is 9.47 Å². The van der Waals surface area contributed by atoms with Crippen LogP contribution in [0.2, 0.25) is 0 Å². The van der Waals surface area contributed by atoms with Gasteiger partial charge >= 0.3 is 0 Å². The van der Waals surface area contributed by atoms with Gasteiger partial charge in [0.05, 0.1) is 13.2 Å². The maximum absolute atomic E-state index is 12.8. The maximum Gasteiger partial charge on any atom is 0.223 e. The molecule has 4 heteroatoms. The summed E-state index contributed by atoms with van der Waals surface area (Å²) in [7, 11) is 2.09. The van der Waals surface area contributed by atoms with Crippen molar-refractivity contribution < 1.29 is 9.53 Å². The minimum atomic E-state index is 0.261. The van der Waals surface area contributed by atoms with Crippen LogP contribution in [0.5, 0.6) is 0 Å². The normalized spacial score (nSPS) is 16.8. The van der Waals surface area contributed by atoms with E-state index in [1.54, 1.807) is 0 Å². The molecule has 2 aromatic rings. The van der Waals surface area contributed by atoms with E-state index in [4.69, 9.17) is 4.74 Å². The van der Waals surface area contributed by atoms with Crippen LogP contribution >= 0.6 is 0 Å². The van der Waals surface area contributed by atoms with Gasteiger partial charge in [-0.15, -0.1) is 0 Å². The first-order chi connectivity index (χ1) is 11.6. The Balaban J connectivity index is 1.86. The van der Waals surface area contributed by atoms with E-state index in [-0.39, 0.29) is 11.8 Å². The summed E-state index contributed by atoms with van der Waals surface area (Å²) < 4.78 is 7.55. The Morgan fingerprint density at radius 2 is 1.92 bits per heavy atom. The van der Waals surface area contributed by atoms with Gasteiger partial charge < -0.3 is 14.2 Å². The number of para-hydroxylation sites is 1. The van der Waals surface area contributed by atoms with E-state index in [1.807, 2.05) is 4.90 Å². The molecule has 0 spiro atoms. The molecule has 0 bridgehead atoms. The van der Waals surface area contributed by atoms with E-state index in [9.17, 15) is 4.79 Å². The fourth-order valence-corrected chi connectivity index (χ4v) is 3.74. The summed E-state index contributed by atoms with van der Waals surface area (Å²) in [4.78, 5) is 14.7. The van der Waals surface area contributed by atoms with Gasteiger partial charge in [0.1, 0.15) is 0 Å². The molecule has 0 saturated carbocycles. The lowest BCUT2D eigenvalue weighted by Crippen LogP contribution is -2.41. The highest BCUT2D eigenvalue weighted by Crippen LogP contribution is 2.34. The van der Waals surface area contributed by atoms with E-state index in [0.29, 0.717) is 25.6 Å². The number of carbonyl (C=O) groups excluding carboxylic acids is 1. The molecular weight excluding hydrogens is 300 g/mol. The van der Waals surface area contributed by atoms with Crippen LogP contribution in [-0.2, 0) is 16.6 Å². The second-order valence-electron chi connectivity index (χ2n) is 7.24. The molecule has 1 fully saturated rings. The van der Waals surface area contributed by atoms with Crippen LogP contribution < -0.4 is 0 Å². The smallest absolute Gasteiger partial charge is 0.223 e. The van der Waals surface area contributed by atoms with Crippen molar-refractivity contribution in [3.63, 3.8) is 0 Å². The number of benzene rings is 1. The first-order valence-corrected chi connectivity index (χ1v) is 8.95. The molecule has 4 nitrogen and oxygen atoms in total. The number of hydrogen-bond acceptors (Lipinski definition) is 2. The molecule has 1 atom stereocenters. The summed E-state index contributed by atoms with van der Waals surface area (Å²) in [6.07, 6.45) is 3.83. The lowest BCUT2D eigenvalue weighted by Gasteiger charge is -2.29. The number of fused-ring (bicyclic) bond motifs is 1. The maximum atomic E-state index is 12.8. The van der Waals surface area contributed by atoms with Crippen LogP contribution in [-0.4, -0.2) is 41.7 Å². The van der Waals surface area contributed by atoms with Gasteiger partial charge in [0.2, 0.25) is 5.91 Å². The molecule has 1 aliphatic rings. The minimum Gasteiger partial charge on any atom is -0.378 e. The van der Waals surface area contributed by atoms with Gasteiger partial charge in [-0.3, -0.25) is 4.79 Å². The number of morpholine rings is 1. The molecule has 24 heavy (non-hydrogen) atoms. The molecule has 2 heterocycles. The predicted octanol–water partition coefficient (Wildman–Crippen LogP) is 3.56. The SMILES string of the molecule is CC(C)C[C@H](CC(=O)N1CCOCC1)c1cn(C)c2ccccc12. The van der Waals surface area contributed by atoms with Crippen molar-refractivity contribution in [3.8, 4) is 0 Å². The van der Waals surface area contributed by atoms with Crippen LogP contribution in [0.15, 0.2) is 30.5 Å². The van der Waals surface area contributed by atoms with Crippen LogP contribution in [0.25, 0.3) is 10.9 Å². The summed E-state index contributed by atoms with van der Waals surface area (Å²) in [6.45, 7) is 7.24. The number of carbonyl (C=O) groups is 1. The summed E-state index contributed by atoms with van der Waals surface area (Å²) in [5.41, 5.74) is 2.54. The van der Waals surface area contributed by atoms with Crippen molar-refractivity contribution in [2.45, 2.75) is 32.6 Å². The van der Waals surface area contributed by atoms with Crippen molar-refractivity contribution in [3.05, 3.63) is 36.0 Å². The minimum absolute atomic E-state index is 0.261. The first-order valence-electron chi connectivity index (χ1n) is 8.95. The topological polar surface area (TPSA) is 34.5 Å². The third-order valence-electron chi connectivity index (χ3n) is 4.91. The molecule has 3 rings (SSSR count). The van der Waals surface area contributed by atoms with Gasteiger partial charge in [0, 0.05) is 43.7 Å². The van der Waals surface area contributed by atoms with E-state index in [1.165, 1.54) is 16.5 Å². The van der Waals surface area contributed by atoms with E-state index < -0.39 is 0 Å². The molecule has 130 valence electrons. The first kappa shape index (κ1) is 17.0. The predicted molar refractivity (Wildman–Crippen MR) is 97.1 cm³/mol. The molecular formula is C20H28N2O2. The average Bonchev–Trinajstić information content (AvgIpc) is 2.92. The third-order valence-corrected chi connectivity index (χ3v) is 4.91. The third kappa shape index (κ3) is 3.64. The van der Waals surface area contributed by atoms with Gasteiger partial charge in [-0.05, 0) is 29.9 Å². The Morgan fingerprint density at radius 3 is 2.62 bits per heavy atom. The van der Waals surface area contributed by atoms with Gasteiger partial charge in [0.25, 0.3) is 0 Å². The lowest BCUT2D eigenvalue weighted by atomic mass is 9.87. The van der Waals surface area contributed by atoms with Crippen molar-refractivity contribution in [1.29, 1.82) is 0 Å². The van der Waals surface area contributed by atoms with Crippen molar-refractivity contribution >= 4 is 16.8 Å². The molecule has 1 aromatic carbocycles. The zero-order valence-corrected chi connectivity index (χ0v) is 15.0. The van der Waals surface area contributed by atoms with Gasteiger partial charge in [0.15, 0.2) is 0 Å². The standard InChI is InChI=1S/C20H28N2O2/c1-15(2)12-16(13-20(23)22-8-10-24-11-9-22)18-14-21(3)19-7-5-4-6-17(18)19/h4-7,14-16H,8-13H2,1-3H3/t16-/m1/s1. The number of rotatable bonds is 5. The summed E-state index contributed by atoms with van der Waals surface area (Å²) >= 11 is 0. The molecule has 1 aliphatic heterocycles. The molecule has 0 aliphatic carbocycles. The number of aromatic nitrogens is 1. The van der Waals surface area contributed by atoms with Crippen LogP contribution in [0.3, 0.4) is 0 Å². The van der Waals surface area contributed by atoms with E-state index >= 15 is 0 Å². The molecule has 1 saturated heterocycles. The van der Waals surface area contributed by atoms with Crippen molar-refractivity contribution in [2.75, 3.05) is 26.3 Å². The van der Waals surface area contributed by atoms with E-state index in [2.05, 4.69) is 55.9 Å². The number of hydrogen-bond donors (Lipinski definition) is 0. The van der Waals surface area contributed by atoms with E-state index in [0.717, 1.165) is 19.5 Å². The molecule has 1 aromatic heterocycles. The Hall–Kier alpha value is -1.81. The Labute approximate surface area is 144 Å². The highest BCUT2D eigenvalue weighted by Gasteiger charge is 2.25. The van der Waals surface area contributed by atoms with Crippen LogP contribution in [0.1, 0.15) is 38.2 Å². The summed E-state index contributed by atoms with van der Waals surface area (Å²) in [5, 5.41) is 1.28. The van der Waals surface area contributed by atoms with Gasteiger partial charge in [-0.2, -0.15) is 0 Å². The zero-order valence-electron chi connectivity index (χ0n) is 15.0. The number of nitrogens with zero attached hydrogens (tertiary/aromatic N) is 2. The number of ether oxygens (including phenoxy) is 1. The fraction of sp³-hybridized carbons (Fsp3) is 0.550. The second-order valence-corrected chi connectivity index (χ2v) is 7.24. The number of aryl methyl sites for hydroxylation is 1. The van der Waals surface area contributed by atoms with Gasteiger partial charge in [-0.1, -0.05) is 32.0 Å². The highest BCUT2D eigenvalue weighted by atomic mass is 16.5. The Bertz CT molecular complexity index is 699. The summed E-state index contributed by atoms with van der Waals surface area (Å²) in [6, 6.07) is 8.48. The van der Waals surface area contributed by atoms with Gasteiger partial charge in [-0.25, -0.2) is 0 Å². The van der Waals surface area contributed by atoms with Crippen LogP contribution in [0, 0.1) is 5.92 Å².